The number of rotatable bonds is 3. The van der Waals surface area contributed by atoms with Crippen molar-refractivity contribution in [2.24, 2.45) is 0 Å². The molecule has 2 fully saturated rings. The van der Waals surface area contributed by atoms with Gasteiger partial charge in [0.2, 0.25) is 0 Å². The quantitative estimate of drug-likeness (QED) is 0.512. The van der Waals surface area contributed by atoms with E-state index >= 15 is 0 Å². The number of Topliss-reactive ketones (excluding diaryl/α,β-unsaturated/α-hetero) is 1. The molecule has 1 unspecified atom stereocenters. The van der Waals surface area contributed by atoms with Crippen molar-refractivity contribution >= 4 is 17.4 Å². The van der Waals surface area contributed by atoms with E-state index in [0.29, 0.717) is 11.1 Å². The van der Waals surface area contributed by atoms with Crippen molar-refractivity contribution in [3.63, 3.8) is 0 Å². The van der Waals surface area contributed by atoms with Gasteiger partial charge in [-0.2, -0.15) is 0 Å². The van der Waals surface area contributed by atoms with Gasteiger partial charge in [0.25, 0.3) is 11.7 Å². The third-order valence-corrected chi connectivity index (χ3v) is 5.32. The van der Waals surface area contributed by atoms with Gasteiger partial charge in [0.05, 0.1) is 11.6 Å². The molecule has 2 heterocycles. The molecule has 1 saturated heterocycles. The van der Waals surface area contributed by atoms with Crippen LogP contribution in [0.25, 0.3) is 5.76 Å². The number of aliphatic hydroxyl groups is 1. The highest BCUT2D eigenvalue weighted by Gasteiger charge is 2.49. The molecule has 1 aromatic carbocycles. The molecule has 0 radical (unpaired) electrons. The number of hydrogen-bond acceptors (Lipinski definition) is 4. The van der Waals surface area contributed by atoms with Crippen LogP contribution in [0.4, 0.5) is 4.39 Å². The van der Waals surface area contributed by atoms with Crippen LogP contribution in [-0.2, 0) is 9.59 Å². The summed E-state index contributed by atoms with van der Waals surface area (Å²) in [6, 6.07) is 8.02. The molecule has 1 amide bonds. The number of amides is 1. The molecule has 6 heteroatoms. The first-order chi connectivity index (χ1) is 13.1. The van der Waals surface area contributed by atoms with E-state index in [0.717, 1.165) is 25.7 Å². The van der Waals surface area contributed by atoms with Crippen LogP contribution >= 0.6 is 0 Å². The van der Waals surface area contributed by atoms with Gasteiger partial charge in [-0.05, 0) is 48.7 Å². The van der Waals surface area contributed by atoms with Gasteiger partial charge in [-0.15, -0.1) is 0 Å². The number of carbonyl (C=O) groups excluding carboxylic acids is 2. The molecule has 1 N–H and O–H groups in total. The van der Waals surface area contributed by atoms with Crippen LogP contribution in [0.3, 0.4) is 0 Å². The number of aromatic nitrogens is 1. The van der Waals surface area contributed by atoms with Gasteiger partial charge in [0.1, 0.15) is 11.6 Å². The minimum absolute atomic E-state index is 0.0338. The van der Waals surface area contributed by atoms with Crippen LogP contribution in [0.1, 0.15) is 42.9 Å². The molecule has 1 atom stereocenters. The lowest BCUT2D eigenvalue weighted by molar-refractivity contribution is -0.141. The topological polar surface area (TPSA) is 70.5 Å². The summed E-state index contributed by atoms with van der Waals surface area (Å²) >= 11 is 0. The minimum atomic E-state index is -0.711. The molecule has 138 valence electrons. The Labute approximate surface area is 156 Å². The Morgan fingerprint density at radius 2 is 1.81 bits per heavy atom. The molecule has 1 aliphatic carbocycles. The van der Waals surface area contributed by atoms with Crippen LogP contribution in [0, 0.1) is 5.82 Å². The van der Waals surface area contributed by atoms with Crippen LogP contribution in [-0.4, -0.2) is 32.7 Å². The lowest BCUT2D eigenvalue weighted by Crippen LogP contribution is -2.37. The summed E-state index contributed by atoms with van der Waals surface area (Å²) in [6.45, 7) is 0. The van der Waals surface area contributed by atoms with Crippen molar-refractivity contribution in [1.82, 2.24) is 9.88 Å². The predicted octanol–water partition coefficient (Wildman–Crippen LogP) is 3.59. The molecular formula is C21H19FN2O3. The van der Waals surface area contributed by atoms with Crippen molar-refractivity contribution < 1.29 is 19.1 Å². The summed E-state index contributed by atoms with van der Waals surface area (Å²) in [5.41, 5.74) is 1.01. The fourth-order valence-electron chi connectivity index (χ4n) is 4.04. The lowest BCUT2D eigenvalue weighted by Gasteiger charge is -2.30. The first kappa shape index (κ1) is 17.4. The number of pyridine rings is 1. The number of carbonyl (C=O) groups is 2. The molecular weight excluding hydrogens is 347 g/mol. The van der Waals surface area contributed by atoms with Crippen LogP contribution < -0.4 is 0 Å². The Hall–Kier alpha value is -3.02. The largest absolute Gasteiger partial charge is 0.507 e. The van der Waals surface area contributed by atoms with E-state index < -0.39 is 23.5 Å². The average Bonchev–Trinajstić information content (AvgIpc) is 3.30. The molecule has 1 aliphatic heterocycles. The molecule has 5 nitrogen and oxygen atoms in total. The second kappa shape index (κ2) is 6.95. The highest BCUT2D eigenvalue weighted by molar-refractivity contribution is 6.46. The zero-order valence-electron chi connectivity index (χ0n) is 14.6. The SMILES string of the molecule is O=C1C(=O)N(C2CCCC2)C(c2cccnc2)/C1=C(/O)c1ccc(F)cc1. The number of nitrogens with zero attached hydrogens (tertiary/aromatic N) is 2. The first-order valence-corrected chi connectivity index (χ1v) is 9.04. The van der Waals surface area contributed by atoms with E-state index in [-0.39, 0.29) is 17.4 Å². The third-order valence-electron chi connectivity index (χ3n) is 5.32. The maximum Gasteiger partial charge on any atom is 0.295 e. The maximum absolute atomic E-state index is 13.2. The van der Waals surface area contributed by atoms with E-state index in [1.165, 1.54) is 24.3 Å². The predicted molar refractivity (Wildman–Crippen MR) is 97.0 cm³/mol. The molecule has 27 heavy (non-hydrogen) atoms. The standard InChI is InChI=1S/C21H19FN2O3/c22-15-9-7-13(8-10-15)19(25)17-18(14-4-3-11-23-12-14)24(21(27)20(17)26)16-5-1-2-6-16/h3-4,7-12,16,18,25H,1-2,5-6H2/b19-17-. The summed E-state index contributed by atoms with van der Waals surface area (Å²) in [5, 5.41) is 10.8. The second-order valence-corrected chi connectivity index (χ2v) is 6.94. The van der Waals surface area contributed by atoms with Crippen LogP contribution in [0.5, 0.6) is 0 Å². The number of halogens is 1. The van der Waals surface area contributed by atoms with Gasteiger partial charge >= 0.3 is 0 Å². The number of aliphatic hydroxyl groups excluding tert-OH is 1. The van der Waals surface area contributed by atoms with Crippen molar-refractivity contribution in [1.29, 1.82) is 0 Å². The lowest BCUT2D eigenvalue weighted by atomic mass is 9.95. The van der Waals surface area contributed by atoms with Crippen molar-refractivity contribution in [2.45, 2.75) is 37.8 Å². The zero-order chi connectivity index (χ0) is 19.0. The smallest absolute Gasteiger partial charge is 0.295 e. The van der Waals surface area contributed by atoms with Crippen LogP contribution in [0.2, 0.25) is 0 Å². The Kier molecular flexibility index (Phi) is 4.48. The first-order valence-electron chi connectivity index (χ1n) is 9.04. The molecule has 2 aliphatic rings. The summed E-state index contributed by atoms with van der Waals surface area (Å²) in [4.78, 5) is 31.4. The van der Waals surface area contributed by atoms with Crippen molar-refractivity contribution in [3.05, 3.63) is 71.3 Å². The normalized spacial score (nSPS) is 22.6. The van der Waals surface area contributed by atoms with Gasteiger partial charge in [-0.3, -0.25) is 14.6 Å². The number of hydrogen-bond donors (Lipinski definition) is 1. The van der Waals surface area contributed by atoms with E-state index in [9.17, 15) is 19.1 Å². The van der Waals surface area contributed by atoms with E-state index in [1.807, 2.05) is 0 Å². The molecule has 0 spiro atoms. The Morgan fingerprint density at radius 1 is 1.11 bits per heavy atom. The summed E-state index contributed by atoms with van der Waals surface area (Å²) < 4.78 is 13.2. The number of likely N-dealkylation sites (tertiary alicyclic amines) is 1. The zero-order valence-corrected chi connectivity index (χ0v) is 14.6. The Balaban J connectivity index is 1.87. The van der Waals surface area contributed by atoms with Crippen molar-refractivity contribution in [2.75, 3.05) is 0 Å². The van der Waals surface area contributed by atoms with Gasteiger partial charge in [-0.25, -0.2) is 4.39 Å². The van der Waals surface area contributed by atoms with E-state index in [1.54, 1.807) is 29.4 Å². The minimum Gasteiger partial charge on any atom is -0.507 e. The summed E-state index contributed by atoms with van der Waals surface area (Å²) in [5.74, 6) is -2.04. The Morgan fingerprint density at radius 3 is 2.44 bits per heavy atom. The third kappa shape index (κ3) is 3.01. The van der Waals surface area contributed by atoms with Crippen LogP contribution in [0.15, 0.2) is 54.4 Å². The molecule has 1 saturated carbocycles. The summed E-state index contributed by atoms with van der Waals surface area (Å²) in [7, 11) is 0. The fraction of sp³-hybridized carbons (Fsp3) is 0.286. The van der Waals surface area contributed by atoms with Crippen molar-refractivity contribution in [3.8, 4) is 0 Å². The maximum atomic E-state index is 13.2. The highest BCUT2D eigenvalue weighted by atomic mass is 19.1. The average molecular weight is 366 g/mol. The van der Waals surface area contributed by atoms with Gasteiger partial charge < -0.3 is 10.0 Å². The van der Waals surface area contributed by atoms with E-state index in [2.05, 4.69) is 4.98 Å². The Bertz CT molecular complexity index is 903. The second-order valence-electron chi connectivity index (χ2n) is 6.94. The molecule has 0 bridgehead atoms. The van der Waals surface area contributed by atoms with Gasteiger partial charge in [-0.1, -0.05) is 18.9 Å². The van der Waals surface area contributed by atoms with E-state index in [4.69, 9.17) is 0 Å². The van der Waals surface area contributed by atoms with Gasteiger partial charge in [0, 0.05) is 24.0 Å². The summed E-state index contributed by atoms with van der Waals surface area (Å²) in [6.07, 6.45) is 6.90. The van der Waals surface area contributed by atoms with Gasteiger partial charge in [0.15, 0.2) is 0 Å². The molecule has 1 aromatic heterocycles. The molecule has 2 aromatic rings. The number of benzene rings is 1. The fourth-order valence-corrected chi connectivity index (χ4v) is 4.04. The highest BCUT2D eigenvalue weighted by Crippen LogP contribution is 2.43. The molecule has 4 rings (SSSR count). The number of ketones is 1. The monoisotopic (exact) mass is 366 g/mol.